The number of aromatic hydroxyl groups is 1. The number of aromatic nitrogens is 2. The van der Waals surface area contributed by atoms with Crippen molar-refractivity contribution in [3.8, 4) is 11.5 Å². The summed E-state index contributed by atoms with van der Waals surface area (Å²) in [4.78, 5) is 4.41. The Kier molecular flexibility index (Phi) is 3.85. The van der Waals surface area contributed by atoms with Crippen LogP contribution in [0.25, 0.3) is 0 Å². The van der Waals surface area contributed by atoms with Crippen molar-refractivity contribution in [3.05, 3.63) is 35.2 Å². The molecule has 2 rings (SSSR count). The average molecular weight is 259 g/mol. The van der Waals surface area contributed by atoms with E-state index in [4.69, 9.17) is 4.74 Å². The number of rotatable bonds is 4. The monoisotopic (exact) mass is 259 g/mol. The van der Waals surface area contributed by atoms with E-state index in [9.17, 15) is 5.11 Å². The second kappa shape index (κ2) is 5.56. The molecule has 2 N–H and O–H groups in total. The smallest absolute Gasteiger partial charge is 0.161 e. The van der Waals surface area contributed by atoms with Gasteiger partial charge in [-0.05, 0) is 44.5 Å². The number of nitrogens with one attached hydrogen (secondary N) is 1. The molecule has 0 atom stereocenters. The Morgan fingerprint density at radius 3 is 2.84 bits per heavy atom. The summed E-state index contributed by atoms with van der Waals surface area (Å²) in [5.41, 5.74) is 3.49. The predicted molar refractivity (Wildman–Crippen MR) is 74.6 cm³/mol. The van der Waals surface area contributed by atoms with Crippen molar-refractivity contribution in [2.45, 2.75) is 20.8 Å². The number of nitrogens with zero attached hydrogens (tertiary/aromatic N) is 2. The molecule has 2 aromatic rings. The van der Waals surface area contributed by atoms with Gasteiger partial charge in [-0.15, -0.1) is 0 Å². The Balaban J connectivity index is 2.26. The molecule has 5 heteroatoms. The van der Waals surface area contributed by atoms with Crippen LogP contribution in [0.1, 0.15) is 23.9 Å². The van der Waals surface area contributed by atoms with Crippen molar-refractivity contribution in [2.75, 3.05) is 6.61 Å². The molecule has 5 nitrogen and oxygen atoms in total. The molecule has 0 spiro atoms. The largest absolute Gasteiger partial charge is 0.504 e. The highest BCUT2D eigenvalue weighted by atomic mass is 16.5. The summed E-state index contributed by atoms with van der Waals surface area (Å²) in [6.45, 7) is 6.21. The lowest BCUT2D eigenvalue weighted by molar-refractivity contribution is 0.318. The Labute approximate surface area is 112 Å². The molecule has 0 aliphatic rings. The number of aromatic amines is 1. The second-order valence-electron chi connectivity index (χ2n) is 4.20. The van der Waals surface area contributed by atoms with Gasteiger partial charge in [0.1, 0.15) is 5.69 Å². The topological polar surface area (TPSA) is 70.5 Å². The lowest BCUT2D eigenvalue weighted by Gasteiger charge is -2.05. The first-order valence-electron chi connectivity index (χ1n) is 6.13. The van der Waals surface area contributed by atoms with Gasteiger partial charge in [-0.2, -0.15) is 5.10 Å². The van der Waals surface area contributed by atoms with Crippen LogP contribution in [-0.2, 0) is 0 Å². The molecule has 0 saturated heterocycles. The quantitative estimate of drug-likeness (QED) is 0.829. The Bertz CT molecular complexity index is 583. The maximum absolute atomic E-state index is 9.62. The Hall–Kier alpha value is -2.30. The van der Waals surface area contributed by atoms with Gasteiger partial charge in [0.2, 0.25) is 0 Å². The molecule has 1 heterocycles. The van der Waals surface area contributed by atoms with Gasteiger partial charge in [0.25, 0.3) is 0 Å². The fourth-order valence-corrected chi connectivity index (χ4v) is 1.76. The molecule has 0 fully saturated rings. The summed E-state index contributed by atoms with van der Waals surface area (Å²) >= 11 is 0. The minimum Gasteiger partial charge on any atom is -0.504 e. The molecule has 0 unspecified atom stereocenters. The molecule has 0 bridgehead atoms. The van der Waals surface area contributed by atoms with Crippen LogP contribution in [-0.4, -0.2) is 28.1 Å². The first kappa shape index (κ1) is 13.1. The van der Waals surface area contributed by atoms with E-state index >= 15 is 0 Å². The van der Waals surface area contributed by atoms with Crippen LogP contribution < -0.4 is 4.74 Å². The number of aryl methyl sites for hydroxylation is 2. The summed E-state index contributed by atoms with van der Waals surface area (Å²) in [6.07, 6.45) is 1.73. The maximum atomic E-state index is 9.62. The average Bonchev–Trinajstić information content (AvgIpc) is 2.70. The summed E-state index contributed by atoms with van der Waals surface area (Å²) in [7, 11) is 0. The van der Waals surface area contributed by atoms with Gasteiger partial charge in [-0.1, -0.05) is 0 Å². The predicted octanol–water partition coefficient (Wildman–Crippen LogP) is 2.88. The molecule has 0 amide bonds. The fraction of sp³-hybridized carbons (Fsp3) is 0.286. The number of aliphatic imine (C=N–C) groups is 1. The first-order valence-corrected chi connectivity index (χ1v) is 6.13. The van der Waals surface area contributed by atoms with Gasteiger partial charge in [0.05, 0.1) is 18.0 Å². The number of hydrogen-bond acceptors (Lipinski definition) is 4. The molecular weight excluding hydrogens is 242 g/mol. The minimum atomic E-state index is 0.134. The summed E-state index contributed by atoms with van der Waals surface area (Å²) in [5, 5.41) is 16.6. The van der Waals surface area contributed by atoms with Crippen LogP contribution in [0.4, 0.5) is 5.69 Å². The van der Waals surface area contributed by atoms with Gasteiger partial charge in [0.15, 0.2) is 11.5 Å². The molecule has 0 aliphatic heterocycles. The maximum Gasteiger partial charge on any atom is 0.161 e. The molecule has 1 aromatic heterocycles. The van der Waals surface area contributed by atoms with Crippen LogP contribution in [0.15, 0.2) is 23.2 Å². The molecular formula is C14H17N3O2. The highest BCUT2D eigenvalue weighted by Crippen LogP contribution is 2.27. The van der Waals surface area contributed by atoms with E-state index in [0.29, 0.717) is 12.4 Å². The van der Waals surface area contributed by atoms with E-state index in [0.717, 1.165) is 22.6 Å². The summed E-state index contributed by atoms with van der Waals surface area (Å²) < 4.78 is 5.33. The first-order chi connectivity index (χ1) is 9.11. The number of hydrogen-bond donors (Lipinski definition) is 2. The van der Waals surface area contributed by atoms with Crippen molar-refractivity contribution in [2.24, 2.45) is 4.99 Å². The standard InChI is InChI=1S/C14H17N3O2/c1-4-19-13-7-11(5-6-12(13)18)8-15-14-9(2)16-17-10(14)3/h5-8,18H,4H2,1-3H3,(H,16,17). The van der Waals surface area contributed by atoms with Crippen molar-refractivity contribution in [1.29, 1.82) is 0 Å². The fourth-order valence-electron chi connectivity index (χ4n) is 1.76. The van der Waals surface area contributed by atoms with Crippen molar-refractivity contribution in [1.82, 2.24) is 10.2 Å². The summed E-state index contributed by atoms with van der Waals surface area (Å²) in [6, 6.07) is 5.14. The third kappa shape index (κ3) is 2.93. The molecule has 0 radical (unpaired) electrons. The lowest BCUT2D eigenvalue weighted by atomic mass is 10.2. The number of phenolic OH excluding ortho intramolecular Hbond substituents is 1. The van der Waals surface area contributed by atoms with Crippen LogP contribution in [0, 0.1) is 13.8 Å². The molecule has 0 saturated carbocycles. The zero-order chi connectivity index (χ0) is 13.8. The molecule has 0 aliphatic carbocycles. The number of H-pyrrole nitrogens is 1. The Morgan fingerprint density at radius 1 is 1.42 bits per heavy atom. The highest BCUT2D eigenvalue weighted by molar-refractivity contribution is 5.83. The zero-order valence-corrected chi connectivity index (χ0v) is 11.3. The van der Waals surface area contributed by atoms with Gasteiger partial charge in [0, 0.05) is 6.21 Å². The van der Waals surface area contributed by atoms with E-state index in [1.807, 2.05) is 20.8 Å². The van der Waals surface area contributed by atoms with E-state index in [-0.39, 0.29) is 5.75 Å². The Morgan fingerprint density at radius 2 is 2.21 bits per heavy atom. The van der Waals surface area contributed by atoms with Gasteiger partial charge < -0.3 is 9.84 Å². The minimum absolute atomic E-state index is 0.134. The van der Waals surface area contributed by atoms with Gasteiger partial charge >= 0.3 is 0 Å². The van der Waals surface area contributed by atoms with Gasteiger partial charge in [-0.25, -0.2) is 0 Å². The lowest BCUT2D eigenvalue weighted by Crippen LogP contribution is -1.93. The van der Waals surface area contributed by atoms with Crippen molar-refractivity contribution < 1.29 is 9.84 Å². The SMILES string of the molecule is CCOc1cc(C=Nc2c(C)n[nH]c2C)ccc1O. The van der Waals surface area contributed by atoms with Crippen molar-refractivity contribution >= 4 is 11.9 Å². The van der Waals surface area contributed by atoms with E-state index in [1.165, 1.54) is 0 Å². The third-order valence-corrected chi connectivity index (χ3v) is 2.72. The normalized spacial score (nSPS) is 11.1. The van der Waals surface area contributed by atoms with Crippen LogP contribution >= 0.6 is 0 Å². The van der Waals surface area contributed by atoms with E-state index in [2.05, 4.69) is 15.2 Å². The number of ether oxygens (including phenoxy) is 1. The zero-order valence-electron chi connectivity index (χ0n) is 11.3. The number of phenols is 1. The second-order valence-corrected chi connectivity index (χ2v) is 4.20. The summed E-state index contributed by atoms with van der Waals surface area (Å²) in [5.74, 6) is 0.599. The van der Waals surface area contributed by atoms with Crippen LogP contribution in [0.3, 0.4) is 0 Å². The van der Waals surface area contributed by atoms with Crippen molar-refractivity contribution in [3.63, 3.8) is 0 Å². The van der Waals surface area contributed by atoms with E-state index < -0.39 is 0 Å². The van der Waals surface area contributed by atoms with Gasteiger partial charge in [-0.3, -0.25) is 10.1 Å². The molecule has 1 aromatic carbocycles. The van der Waals surface area contributed by atoms with Crippen LogP contribution in [0.2, 0.25) is 0 Å². The third-order valence-electron chi connectivity index (χ3n) is 2.72. The van der Waals surface area contributed by atoms with Crippen LogP contribution in [0.5, 0.6) is 11.5 Å². The molecule has 100 valence electrons. The number of benzene rings is 1. The highest BCUT2D eigenvalue weighted by Gasteiger charge is 2.05. The van der Waals surface area contributed by atoms with E-state index in [1.54, 1.807) is 24.4 Å². The molecule has 19 heavy (non-hydrogen) atoms.